The number of fused-ring (bicyclic) bond motifs is 1. The van der Waals surface area contributed by atoms with Crippen LogP contribution in [0.5, 0.6) is 0 Å². The van der Waals surface area contributed by atoms with Crippen LogP contribution in [0.3, 0.4) is 0 Å². The third-order valence-electron chi connectivity index (χ3n) is 8.85. The Labute approximate surface area is 205 Å². The smallest absolute Gasteiger partial charge is 0.187 e. The minimum Gasteiger partial charge on any atom is -0.381 e. The first kappa shape index (κ1) is 26.8. The summed E-state index contributed by atoms with van der Waals surface area (Å²) >= 11 is 0. The van der Waals surface area contributed by atoms with Crippen molar-refractivity contribution in [2.24, 2.45) is 35.5 Å². The van der Waals surface area contributed by atoms with Crippen LogP contribution in [0.25, 0.3) is 0 Å². The fourth-order valence-electron chi connectivity index (χ4n) is 6.89. The maximum Gasteiger partial charge on any atom is 0.187 e. The lowest BCUT2D eigenvalue weighted by molar-refractivity contribution is -0.198. The van der Waals surface area contributed by atoms with E-state index in [-0.39, 0.29) is 29.3 Å². The van der Waals surface area contributed by atoms with Crippen LogP contribution in [-0.2, 0) is 9.59 Å². The van der Waals surface area contributed by atoms with Gasteiger partial charge >= 0.3 is 0 Å². The molecule has 0 saturated heterocycles. The Bertz CT molecular complexity index is 958. The van der Waals surface area contributed by atoms with Crippen LogP contribution in [0.2, 0.25) is 0 Å². The Morgan fingerprint density at radius 1 is 0.912 bits per heavy atom. The van der Waals surface area contributed by atoms with E-state index in [4.69, 9.17) is 0 Å². The Hall–Kier alpha value is -1.78. The van der Waals surface area contributed by atoms with Gasteiger partial charge in [0, 0.05) is 23.7 Å². The van der Waals surface area contributed by atoms with Crippen LogP contribution < -0.4 is 0 Å². The fraction of sp³-hybridized carbons (Fsp3) is 0.667. The summed E-state index contributed by atoms with van der Waals surface area (Å²) in [6.45, 7) is 15.9. The van der Waals surface area contributed by atoms with Gasteiger partial charge in [-0.15, -0.1) is 0 Å². The normalized spacial score (nSPS) is 36.3. The van der Waals surface area contributed by atoms with Crippen LogP contribution in [-0.4, -0.2) is 33.0 Å². The number of hydrogen-bond donors (Lipinski definition) is 2. The second-order valence-corrected chi connectivity index (χ2v) is 11.8. The van der Waals surface area contributed by atoms with Crippen LogP contribution in [0.15, 0.2) is 46.6 Å². The van der Waals surface area contributed by atoms with Gasteiger partial charge in [-0.1, -0.05) is 54.4 Å². The predicted octanol–water partition coefficient (Wildman–Crippen LogP) is 5.75. The molecule has 1 fully saturated rings. The topological polar surface area (TPSA) is 74.6 Å². The van der Waals surface area contributed by atoms with Gasteiger partial charge in [0.1, 0.15) is 11.2 Å². The molecule has 4 aliphatic rings. The number of carbonyl (C=O) groups excluding carboxylic acids is 2. The summed E-state index contributed by atoms with van der Waals surface area (Å²) in [6.07, 6.45) is 10.8. The molecule has 0 aliphatic heterocycles. The standard InChI is InChI=1S/C30H44O4/c1-17(2)11-9-13-21(7)29(33)23-15-19(5)26(28(29)32)25-20(6)16-24(31)30(34,27(23)25)22(8)14-10-12-18(3)4/h11-12,15-16,21-23,25-27,33-34H,9-10,13-14H2,1-8H3/t21-,22-,23+,25+,26-,27-,29-,30+/m0/s1. The highest BCUT2D eigenvalue weighted by Gasteiger charge is 2.69. The minimum atomic E-state index is -1.60. The van der Waals surface area contributed by atoms with Gasteiger partial charge in [-0.2, -0.15) is 0 Å². The molecule has 0 unspecified atom stereocenters. The number of carbonyl (C=O) groups is 2. The molecular formula is C30H44O4. The molecule has 2 N–H and O–H groups in total. The molecule has 0 spiro atoms. The molecular weight excluding hydrogens is 424 g/mol. The molecule has 0 aromatic rings. The van der Waals surface area contributed by atoms with Crippen LogP contribution >= 0.6 is 0 Å². The zero-order valence-electron chi connectivity index (χ0n) is 22.3. The van der Waals surface area contributed by atoms with Crippen molar-refractivity contribution in [3.8, 4) is 0 Å². The van der Waals surface area contributed by atoms with Gasteiger partial charge in [-0.3, -0.25) is 9.59 Å². The van der Waals surface area contributed by atoms with Crippen molar-refractivity contribution < 1.29 is 19.8 Å². The highest BCUT2D eigenvalue weighted by atomic mass is 16.3. The Morgan fingerprint density at radius 2 is 1.41 bits per heavy atom. The molecule has 0 radical (unpaired) electrons. The first-order valence-corrected chi connectivity index (χ1v) is 12.9. The highest BCUT2D eigenvalue weighted by Crippen LogP contribution is 2.61. The van der Waals surface area contributed by atoms with Gasteiger partial charge in [0.2, 0.25) is 0 Å². The monoisotopic (exact) mass is 468 g/mol. The maximum absolute atomic E-state index is 13.9. The number of hydrogen-bond acceptors (Lipinski definition) is 4. The van der Waals surface area contributed by atoms with Crippen molar-refractivity contribution in [1.29, 1.82) is 0 Å². The van der Waals surface area contributed by atoms with E-state index in [0.29, 0.717) is 12.8 Å². The summed E-state index contributed by atoms with van der Waals surface area (Å²) in [4.78, 5) is 27.3. The third-order valence-corrected chi connectivity index (χ3v) is 8.85. The number of aliphatic hydroxyl groups is 2. The van der Waals surface area contributed by atoms with E-state index in [1.165, 1.54) is 11.1 Å². The number of Topliss-reactive ketones (excluding diaryl/α,β-unsaturated/α-hetero) is 1. The lowest BCUT2D eigenvalue weighted by atomic mass is 9.43. The highest BCUT2D eigenvalue weighted by molar-refractivity contribution is 6.02. The Balaban J connectivity index is 2.07. The molecule has 8 atom stereocenters. The molecule has 1 saturated carbocycles. The van der Waals surface area contributed by atoms with Gasteiger partial charge in [0.05, 0.1) is 0 Å². The number of rotatable bonds is 8. The van der Waals surface area contributed by atoms with Gasteiger partial charge in [0.25, 0.3) is 0 Å². The zero-order valence-corrected chi connectivity index (χ0v) is 22.3. The Kier molecular flexibility index (Phi) is 7.65. The van der Waals surface area contributed by atoms with Crippen molar-refractivity contribution in [2.75, 3.05) is 0 Å². The van der Waals surface area contributed by atoms with Crippen molar-refractivity contribution >= 4 is 11.6 Å². The zero-order chi connectivity index (χ0) is 25.6. The number of allylic oxidation sites excluding steroid dienone is 6. The van der Waals surface area contributed by atoms with E-state index < -0.39 is 29.0 Å². The summed E-state index contributed by atoms with van der Waals surface area (Å²) in [7, 11) is 0. The molecule has 34 heavy (non-hydrogen) atoms. The summed E-state index contributed by atoms with van der Waals surface area (Å²) in [5.74, 6) is -2.81. The van der Waals surface area contributed by atoms with Gasteiger partial charge in [-0.25, -0.2) is 0 Å². The Morgan fingerprint density at radius 3 is 1.91 bits per heavy atom. The van der Waals surface area contributed by atoms with Gasteiger partial charge < -0.3 is 10.2 Å². The lowest BCUT2D eigenvalue weighted by Crippen LogP contribution is -2.71. The maximum atomic E-state index is 13.9. The molecule has 188 valence electrons. The largest absolute Gasteiger partial charge is 0.381 e. The average Bonchev–Trinajstić information content (AvgIpc) is 2.74. The molecule has 4 heteroatoms. The van der Waals surface area contributed by atoms with E-state index in [0.717, 1.165) is 24.0 Å². The van der Waals surface area contributed by atoms with Gasteiger partial charge in [0.15, 0.2) is 11.6 Å². The third kappa shape index (κ3) is 4.22. The first-order valence-electron chi connectivity index (χ1n) is 12.9. The van der Waals surface area contributed by atoms with Crippen molar-refractivity contribution in [1.82, 2.24) is 0 Å². The average molecular weight is 469 g/mol. The lowest BCUT2D eigenvalue weighted by Gasteiger charge is -2.61. The van der Waals surface area contributed by atoms with Gasteiger partial charge in [-0.05, 0) is 85.1 Å². The van der Waals surface area contributed by atoms with E-state index in [2.05, 4.69) is 12.2 Å². The molecule has 0 amide bonds. The second-order valence-electron chi connectivity index (χ2n) is 11.8. The summed E-state index contributed by atoms with van der Waals surface area (Å²) in [6, 6.07) is 0. The summed E-state index contributed by atoms with van der Waals surface area (Å²) in [5.41, 5.74) is 1.05. The first-order chi connectivity index (χ1) is 15.8. The van der Waals surface area contributed by atoms with E-state index in [9.17, 15) is 19.8 Å². The number of ketones is 2. The van der Waals surface area contributed by atoms with Crippen molar-refractivity contribution in [3.63, 3.8) is 0 Å². The van der Waals surface area contributed by atoms with E-state index in [1.54, 1.807) is 6.08 Å². The quantitative estimate of drug-likeness (QED) is 0.445. The molecule has 0 aromatic heterocycles. The molecule has 0 aromatic carbocycles. The predicted molar refractivity (Wildman–Crippen MR) is 137 cm³/mol. The molecule has 4 nitrogen and oxygen atoms in total. The van der Waals surface area contributed by atoms with Crippen molar-refractivity contribution in [2.45, 2.75) is 92.3 Å². The second kappa shape index (κ2) is 9.70. The fourth-order valence-corrected chi connectivity index (χ4v) is 6.89. The molecule has 2 bridgehead atoms. The van der Waals surface area contributed by atoms with Crippen molar-refractivity contribution in [3.05, 3.63) is 46.6 Å². The van der Waals surface area contributed by atoms with Crippen LogP contribution in [0.4, 0.5) is 0 Å². The van der Waals surface area contributed by atoms with E-state index in [1.807, 2.05) is 61.5 Å². The minimum absolute atomic E-state index is 0.134. The molecule has 4 rings (SSSR count). The summed E-state index contributed by atoms with van der Waals surface area (Å²) < 4.78 is 0. The summed E-state index contributed by atoms with van der Waals surface area (Å²) in [5, 5.41) is 24.3. The van der Waals surface area contributed by atoms with Crippen LogP contribution in [0.1, 0.15) is 81.1 Å². The molecule has 0 heterocycles. The van der Waals surface area contributed by atoms with E-state index >= 15 is 0 Å². The molecule has 4 aliphatic carbocycles. The van der Waals surface area contributed by atoms with Crippen LogP contribution in [0, 0.1) is 35.5 Å². The SMILES string of the molecule is CC(C)=CCC[C@H](C)[C@@]1(O)C(=O)C=C(C)[C@@H]2[C@H]3C(=O)[C@](O)([C@@H](C)CCC=C(C)C)[C@H](C=C3C)[C@@H]21.